The van der Waals surface area contributed by atoms with Crippen molar-refractivity contribution in [3.8, 4) is 22.8 Å². The molecule has 0 unspecified atom stereocenters. The Hall–Kier alpha value is -2.95. The summed E-state index contributed by atoms with van der Waals surface area (Å²) in [7, 11) is 0. The largest absolute Gasteiger partial charge is 0.493 e. The second kappa shape index (κ2) is 7.75. The molecule has 0 saturated heterocycles. The lowest BCUT2D eigenvalue weighted by atomic mass is 10.1. The van der Waals surface area contributed by atoms with Crippen molar-refractivity contribution in [2.24, 2.45) is 5.92 Å². The number of H-pyrrole nitrogens is 1. The number of aromatic nitrogens is 2. The lowest BCUT2D eigenvalue weighted by molar-refractivity contribution is 0.271. The molecule has 130 valence electrons. The molecule has 3 aromatic rings. The highest BCUT2D eigenvalue weighted by Crippen LogP contribution is 2.24. The minimum absolute atomic E-state index is 0.417. The number of rotatable bonds is 7. The van der Waals surface area contributed by atoms with Crippen LogP contribution in [0.25, 0.3) is 11.3 Å². The average molecular weight is 337 g/mol. The first-order chi connectivity index (χ1) is 12.1. The molecule has 2 aromatic carbocycles. The van der Waals surface area contributed by atoms with E-state index >= 15 is 0 Å². The van der Waals surface area contributed by atoms with Crippen molar-refractivity contribution >= 4 is 5.69 Å². The Balaban J connectivity index is 1.64. The molecule has 0 aliphatic rings. The molecular weight excluding hydrogens is 314 g/mol. The predicted octanol–water partition coefficient (Wildman–Crippen LogP) is 4.27. The minimum atomic E-state index is 0.417. The highest BCUT2D eigenvalue weighted by atomic mass is 16.5. The fraction of sp³-hybridized carbons (Fsp3) is 0.250. The standard InChI is InChI=1S/C20H23N3O2/c1-14(2)12-24-19-5-3-4-15(10-19)20-11-17(22-23-20)13-25-18-8-6-16(21)7-9-18/h3-11,14H,12-13,21H2,1-2H3,(H,22,23). The van der Waals surface area contributed by atoms with Gasteiger partial charge in [-0.25, -0.2) is 0 Å². The smallest absolute Gasteiger partial charge is 0.130 e. The van der Waals surface area contributed by atoms with Gasteiger partial charge in [-0.2, -0.15) is 5.10 Å². The van der Waals surface area contributed by atoms with Gasteiger partial charge in [-0.1, -0.05) is 26.0 Å². The number of nitrogens with two attached hydrogens (primary N) is 1. The second-order valence-electron chi connectivity index (χ2n) is 6.37. The molecule has 0 bridgehead atoms. The van der Waals surface area contributed by atoms with Gasteiger partial charge in [0.1, 0.15) is 18.1 Å². The summed E-state index contributed by atoms with van der Waals surface area (Å²) in [5, 5.41) is 7.38. The Morgan fingerprint density at radius 3 is 2.56 bits per heavy atom. The van der Waals surface area contributed by atoms with Gasteiger partial charge in [0.2, 0.25) is 0 Å². The van der Waals surface area contributed by atoms with Crippen molar-refractivity contribution in [1.29, 1.82) is 0 Å². The molecule has 0 spiro atoms. The van der Waals surface area contributed by atoms with Gasteiger partial charge in [0, 0.05) is 11.3 Å². The lowest BCUT2D eigenvalue weighted by Gasteiger charge is -2.09. The maximum atomic E-state index is 5.78. The summed E-state index contributed by atoms with van der Waals surface area (Å²) in [5.41, 5.74) is 9.17. The Bertz CT molecular complexity index is 810. The molecule has 0 fully saturated rings. The topological polar surface area (TPSA) is 73.2 Å². The van der Waals surface area contributed by atoms with Crippen LogP contribution in [-0.4, -0.2) is 16.8 Å². The third-order valence-corrected chi connectivity index (χ3v) is 3.62. The number of benzene rings is 2. The first-order valence-corrected chi connectivity index (χ1v) is 8.36. The quantitative estimate of drug-likeness (QED) is 0.631. The van der Waals surface area contributed by atoms with E-state index in [1.54, 1.807) is 0 Å². The molecule has 0 radical (unpaired) electrons. The van der Waals surface area contributed by atoms with Crippen molar-refractivity contribution in [2.45, 2.75) is 20.5 Å². The molecule has 0 atom stereocenters. The normalized spacial score (nSPS) is 10.8. The van der Waals surface area contributed by atoms with Gasteiger partial charge in [0.25, 0.3) is 0 Å². The van der Waals surface area contributed by atoms with Crippen molar-refractivity contribution < 1.29 is 9.47 Å². The third kappa shape index (κ3) is 4.76. The Morgan fingerprint density at radius 1 is 1.00 bits per heavy atom. The van der Waals surface area contributed by atoms with Crippen LogP contribution in [0, 0.1) is 5.92 Å². The minimum Gasteiger partial charge on any atom is -0.493 e. The number of hydrogen-bond acceptors (Lipinski definition) is 4. The van der Waals surface area contributed by atoms with Crippen LogP contribution in [0.1, 0.15) is 19.5 Å². The maximum Gasteiger partial charge on any atom is 0.130 e. The SMILES string of the molecule is CC(C)COc1cccc(-c2cc(COc3ccc(N)cc3)[nH]n2)c1. The molecule has 0 amide bonds. The predicted molar refractivity (Wildman–Crippen MR) is 99.5 cm³/mol. The van der Waals surface area contributed by atoms with Gasteiger partial charge in [-0.3, -0.25) is 5.10 Å². The van der Waals surface area contributed by atoms with E-state index in [9.17, 15) is 0 Å². The Labute approximate surface area is 147 Å². The molecule has 0 saturated carbocycles. The number of ether oxygens (including phenoxy) is 2. The molecule has 1 aromatic heterocycles. The number of nitrogens with zero attached hydrogens (tertiary/aromatic N) is 1. The van der Waals surface area contributed by atoms with Gasteiger partial charge < -0.3 is 15.2 Å². The number of nitrogens with one attached hydrogen (secondary N) is 1. The fourth-order valence-electron chi connectivity index (χ4n) is 2.32. The van der Waals surface area contributed by atoms with Gasteiger partial charge in [0.05, 0.1) is 18.0 Å². The first kappa shape index (κ1) is 16.9. The van der Waals surface area contributed by atoms with Crippen molar-refractivity contribution in [1.82, 2.24) is 10.2 Å². The van der Waals surface area contributed by atoms with Crippen LogP contribution in [0.3, 0.4) is 0 Å². The van der Waals surface area contributed by atoms with Crippen molar-refractivity contribution in [3.05, 3.63) is 60.3 Å². The lowest BCUT2D eigenvalue weighted by Crippen LogP contribution is -2.04. The summed E-state index contributed by atoms with van der Waals surface area (Å²) < 4.78 is 11.5. The van der Waals surface area contributed by atoms with Crippen LogP contribution in [0.5, 0.6) is 11.5 Å². The van der Waals surface area contributed by atoms with E-state index in [2.05, 4.69) is 24.0 Å². The number of anilines is 1. The maximum absolute atomic E-state index is 5.78. The van der Waals surface area contributed by atoms with Crippen LogP contribution in [0.4, 0.5) is 5.69 Å². The van der Waals surface area contributed by atoms with Crippen LogP contribution in [0.15, 0.2) is 54.6 Å². The summed E-state index contributed by atoms with van der Waals surface area (Å²) in [4.78, 5) is 0. The summed E-state index contributed by atoms with van der Waals surface area (Å²) in [6.45, 7) is 5.38. The molecule has 3 rings (SSSR count). The molecule has 1 heterocycles. The Morgan fingerprint density at radius 2 is 1.80 bits per heavy atom. The van der Waals surface area contributed by atoms with Gasteiger partial charge in [-0.05, 0) is 48.4 Å². The fourth-order valence-corrected chi connectivity index (χ4v) is 2.32. The monoisotopic (exact) mass is 337 g/mol. The van der Waals surface area contributed by atoms with Gasteiger partial charge in [-0.15, -0.1) is 0 Å². The van der Waals surface area contributed by atoms with Gasteiger partial charge >= 0.3 is 0 Å². The molecule has 25 heavy (non-hydrogen) atoms. The molecule has 3 N–H and O–H groups in total. The van der Waals surface area contributed by atoms with Crippen LogP contribution < -0.4 is 15.2 Å². The van der Waals surface area contributed by atoms with Crippen LogP contribution in [0.2, 0.25) is 0 Å². The highest BCUT2D eigenvalue weighted by Gasteiger charge is 2.07. The second-order valence-corrected chi connectivity index (χ2v) is 6.37. The molecule has 5 heteroatoms. The van der Waals surface area contributed by atoms with Crippen LogP contribution >= 0.6 is 0 Å². The zero-order valence-electron chi connectivity index (χ0n) is 14.5. The number of hydrogen-bond donors (Lipinski definition) is 2. The highest BCUT2D eigenvalue weighted by molar-refractivity contribution is 5.61. The first-order valence-electron chi connectivity index (χ1n) is 8.36. The summed E-state index contributed by atoms with van der Waals surface area (Å²) >= 11 is 0. The van der Waals surface area contributed by atoms with Crippen molar-refractivity contribution in [3.63, 3.8) is 0 Å². The Kier molecular flexibility index (Phi) is 5.23. The summed E-state index contributed by atoms with van der Waals surface area (Å²) in [6.07, 6.45) is 0. The van der Waals surface area contributed by atoms with Gasteiger partial charge in [0.15, 0.2) is 0 Å². The number of nitrogen functional groups attached to an aromatic ring is 1. The zero-order valence-corrected chi connectivity index (χ0v) is 14.5. The van der Waals surface area contributed by atoms with E-state index < -0.39 is 0 Å². The molecule has 0 aliphatic heterocycles. The van der Waals surface area contributed by atoms with Crippen molar-refractivity contribution in [2.75, 3.05) is 12.3 Å². The zero-order chi connectivity index (χ0) is 17.6. The summed E-state index contributed by atoms with van der Waals surface area (Å²) in [6, 6.07) is 17.3. The van der Waals surface area contributed by atoms with E-state index in [-0.39, 0.29) is 0 Å². The summed E-state index contributed by atoms with van der Waals surface area (Å²) in [5.74, 6) is 2.12. The number of aromatic amines is 1. The molecule has 0 aliphatic carbocycles. The van der Waals surface area contributed by atoms with E-state index in [4.69, 9.17) is 15.2 Å². The van der Waals surface area contributed by atoms with E-state index in [0.29, 0.717) is 19.1 Å². The van der Waals surface area contributed by atoms with Crippen LogP contribution in [-0.2, 0) is 6.61 Å². The average Bonchev–Trinajstić information content (AvgIpc) is 3.09. The third-order valence-electron chi connectivity index (χ3n) is 3.62. The van der Waals surface area contributed by atoms with E-state index in [0.717, 1.165) is 34.1 Å². The van der Waals surface area contributed by atoms with E-state index in [1.807, 2.05) is 54.6 Å². The van der Waals surface area contributed by atoms with E-state index in [1.165, 1.54) is 0 Å². The molecule has 5 nitrogen and oxygen atoms in total. The molecular formula is C20H23N3O2.